The maximum Gasteiger partial charge on any atom is 0.331 e. The number of hydrogen-bond acceptors (Lipinski definition) is 4. The molecule has 0 aliphatic heterocycles. The fourth-order valence-corrected chi connectivity index (χ4v) is 3.66. The molecule has 0 saturated carbocycles. The summed E-state index contributed by atoms with van der Waals surface area (Å²) < 4.78 is 2.93. The molecule has 0 fully saturated rings. The summed E-state index contributed by atoms with van der Waals surface area (Å²) in [6.07, 6.45) is 0. The van der Waals surface area contributed by atoms with Gasteiger partial charge >= 0.3 is 5.69 Å². The van der Waals surface area contributed by atoms with Crippen LogP contribution in [0.4, 0.5) is 5.69 Å². The van der Waals surface area contributed by atoms with Gasteiger partial charge in [-0.2, -0.15) is 0 Å². The van der Waals surface area contributed by atoms with Gasteiger partial charge in [0, 0.05) is 17.3 Å². The van der Waals surface area contributed by atoms with Gasteiger partial charge in [-0.25, -0.2) is 4.79 Å². The molecular weight excluding hydrogens is 362 g/mol. The van der Waals surface area contributed by atoms with E-state index in [1.165, 1.54) is 15.9 Å². The summed E-state index contributed by atoms with van der Waals surface area (Å²) in [4.78, 5) is 37.3. The minimum absolute atomic E-state index is 0.182. The van der Waals surface area contributed by atoms with Crippen LogP contribution in [0.1, 0.15) is 12.5 Å². The first-order chi connectivity index (χ1) is 11.9. The van der Waals surface area contributed by atoms with E-state index in [4.69, 9.17) is 11.6 Å². The predicted octanol–water partition coefficient (Wildman–Crippen LogP) is 2.85. The van der Waals surface area contributed by atoms with Gasteiger partial charge in [0.05, 0.1) is 5.52 Å². The van der Waals surface area contributed by atoms with E-state index in [2.05, 4.69) is 5.32 Å². The number of anilines is 1. The van der Waals surface area contributed by atoms with Crippen LogP contribution in [0.5, 0.6) is 0 Å². The van der Waals surface area contributed by atoms with Crippen molar-refractivity contribution in [2.45, 2.75) is 26.9 Å². The van der Waals surface area contributed by atoms with E-state index < -0.39 is 5.69 Å². The minimum atomic E-state index is -0.489. The second-order valence-electron chi connectivity index (χ2n) is 5.51. The van der Waals surface area contributed by atoms with Crippen molar-refractivity contribution in [3.63, 3.8) is 0 Å². The van der Waals surface area contributed by atoms with Crippen LogP contribution in [0.25, 0.3) is 10.2 Å². The topological polar surface area (TPSA) is 73.1 Å². The number of halogens is 1. The molecule has 0 aliphatic rings. The second kappa shape index (κ2) is 6.85. The number of aromatic nitrogens is 2. The molecule has 6 nitrogen and oxygen atoms in total. The number of amides is 1. The molecule has 3 aromatic rings. The lowest BCUT2D eigenvalue weighted by atomic mass is 10.2. The van der Waals surface area contributed by atoms with E-state index in [0.29, 0.717) is 20.9 Å². The highest BCUT2D eigenvalue weighted by molar-refractivity contribution is 7.17. The van der Waals surface area contributed by atoms with Gasteiger partial charge in [0.1, 0.15) is 11.2 Å². The van der Waals surface area contributed by atoms with Crippen molar-refractivity contribution in [3.8, 4) is 0 Å². The number of nitrogens with zero attached hydrogens (tertiary/aromatic N) is 2. The maximum absolute atomic E-state index is 12.6. The van der Waals surface area contributed by atoms with E-state index in [0.717, 1.165) is 10.1 Å². The average Bonchev–Trinajstić information content (AvgIpc) is 3.06. The maximum atomic E-state index is 12.6. The van der Waals surface area contributed by atoms with E-state index >= 15 is 0 Å². The lowest BCUT2D eigenvalue weighted by Crippen LogP contribution is -2.40. The molecule has 0 aliphatic carbocycles. The molecule has 0 spiro atoms. The summed E-state index contributed by atoms with van der Waals surface area (Å²) in [6.45, 7) is 3.60. The number of fused-ring (bicyclic) bond motifs is 1. The molecule has 2 heterocycles. The highest BCUT2D eigenvalue weighted by Gasteiger charge is 2.16. The Morgan fingerprint density at radius 2 is 2.00 bits per heavy atom. The molecule has 8 heteroatoms. The second-order valence-corrected chi connectivity index (χ2v) is 6.84. The summed E-state index contributed by atoms with van der Waals surface area (Å²) in [7, 11) is 0. The molecule has 2 aromatic heterocycles. The Morgan fingerprint density at radius 3 is 2.72 bits per heavy atom. The van der Waals surface area contributed by atoms with Crippen molar-refractivity contribution in [1.82, 2.24) is 9.13 Å². The number of carbonyl (C=O) groups is 1. The number of nitrogens with one attached hydrogen (secondary N) is 1. The van der Waals surface area contributed by atoms with E-state index in [-0.39, 0.29) is 24.6 Å². The lowest BCUT2D eigenvalue weighted by Gasteiger charge is -2.13. The van der Waals surface area contributed by atoms with Gasteiger partial charge in [-0.15, -0.1) is 11.3 Å². The number of benzene rings is 1. The Balaban J connectivity index is 1.99. The molecule has 25 heavy (non-hydrogen) atoms. The Bertz CT molecular complexity index is 1080. The summed E-state index contributed by atoms with van der Waals surface area (Å²) in [5.74, 6) is -0.360. The molecule has 130 valence electrons. The number of carbonyl (C=O) groups excluding carboxylic acids is 1. The quantitative estimate of drug-likeness (QED) is 0.759. The van der Waals surface area contributed by atoms with Crippen LogP contribution in [-0.2, 0) is 17.9 Å². The zero-order valence-electron chi connectivity index (χ0n) is 13.7. The van der Waals surface area contributed by atoms with Crippen molar-refractivity contribution in [3.05, 3.63) is 61.1 Å². The Kier molecular flexibility index (Phi) is 4.78. The van der Waals surface area contributed by atoms with Gasteiger partial charge in [-0.1, -0.05) is 17.7 Å². The average molecular weight is 378 g/mol. The molecule has 0 bridgehead atoms. The summed E-state index contributed by atoms with van der Waals surface area (Å²) in [5, 5.41) is 5.06. The Morgan fingerprint density at radius 1 is 1.24 bits per heavy atom. The zero-order chi connectivity index (χ0) is 18.1. The van der Waals surface area contributed by atoms with Crippen LogP contribution in [0.2, 0.25) is 5.02 Å². The van der Waals surface area contributed by atoms with Gasteiger partial charge in [-0.3, -0.25) is 18.7 Å². The normalized spacial score (nSPS) is 11.0. The van der Waals surface area contributed by atoms with Crippen molar-refractivity contribution in [1.29, 1.82) is 0 Å². The Labute approximate surface area is 152 Å². The van der Waals surface area contributed by atoms with Gasteiger partial charge < -0.3 is 5.32 Å². The largest absolute Gasteiger partial charge is 0.331 e. The minimum Gasteiger partial charge on any atom is -0.324 e. The lowest BCUT2D eigenvalue weighted by molar-refractivity contribution is -0.116. The number of rotatable bonds is 4. The van der Waals surface area contributed by atoms with Crippen LogP contribution < -0.4 is 16.6 Å². The predicted molar refractivity (Wildman–Crippen MR) is 101 cm³/mol. The van der Waals surface area contributed by atoms with Crippen LogP contribution in [0, 0.1) is 6.92 Å². The van der Waals surface area contributed by atoms with Crippen LogP contribution in [-0.4, -0.2) is 15.0 Å². The molecular formula is C17H16ClN3O3S. The van der Waals surface area contributed by atoms with E-state index in [1.807, 2.05) is 0 Å². The standard InChI is InChI=1S/C17H16ClN3O3S/c1-3-20-16(23)15-13(7-8-25-15)21(17(20)24)9-14(22)19-12-6-4-5-11(18)10(12)2/h4-8H,3,9H2,1-2H3,(H,19,22). The number of hydrogen-bond donors (Lipinski definition) is 1. The fraction of sp³-hybridized carbons (Fsp3) is 0.235. The molecule has 1 amide bonds. The molecule has 3 rings (SSSR count). The van der Waals surface area contributed by atoms with E-state index in [1.54, 1.807) is 43.5 Å². The molecule has 0 atom stereocenters. The van der Waals surface area contributed by atoms with Crippen molar-refractivity contribution < 1.29 is 4.79 Å². The molecule has 0 radical (unpaired) electrons. The summed E-state index contributed by atoms with van der Waals surface area (Å²) in [6, 6.07) is 6.91. The zero-order valence-corrected chi connectivity index (χ0v) is 15.3. The smallest absolute Gasteiger partial charge is 0.324 e. The van der Waals surface area contributed by atoms with E-state index in [9.17, 15) is 14.4 Å². The molecule has 0 saturated heterocycles. The molecule has 0 unspecified atom stereocenters. The third-order valence-corrected chi connectivity index (χ3v) is 5.30. The first-order valence-electron chi connectivity index (χ1n) is 7.69. The first kappa shape index (κ1) is 17.4. The Hall–Kier alpha value is -2.38. The monoisotopic (exact) mass is 377 g/mol. The fourth-order valence-electron chi connectivity index (χ4n) is 2.64. The van der Waals surface area contributed by atoms with Gasteiger partial charge in [-0.05, 0) is 43.0 Å². The third kappa shape index (κ3) is 3.12. The van der Waals surface area contributed by atoms with Gasteiger partial charge in [0.15, 0.2) is 0 Å². The number of thiophene rings is 1. The summed E-state index contributed by atoms with van der Waals surface area (Å²) in [5.41, 5.74) is 1.01. The third-order valence-electron chi connectivity index (χ3n) is 4.00. The first-order valence-corrected chi connectivity index (χ1v) is 8.95. The summed E-state index contributed by atoms with van der Waals surface area (Å²) >= 11 is 7.32. The van der Waals surface area contributed by atoms with Crippen LogP contribution >= 0.6 is 22.9 Å². The van der Waals surface area contributed by atoms with Crippen LogP contribution in [0.3, 0.4) is 0 Å². The molecule has 1 aromatic carbocycles. The van der Waals surface area contributed by atoms with Gasteiger partial charge in [0.25, 0.3) is 5.56 Å². The SMILES string of the molecule is CCn1c(=O)c2sccc2n(CC(=O)Nc2cccc(Cl)c2C)c1=O. The van der Waals surface area contributed by atoms with Gasteiger partial charge in [0.2, 0.25) is 5.91 Å². The van der Waals surface area contributed by atoms with Crippen molar-refractivity contribution in [2.75, 3.05) is 5.32 Å². The van der Waals surface area contributed by atoms with Crippen molar-refractivity contribution >= 4 is 44.7 Å². The highest BCUT2D eigenvalue weighted by atomic mass is 35.5. The van der Waals surface area contributed by atoms with Crippen molar-refractivity contribution in [2.24, 2.45) is 0 Å². The van der Waals surface area contributed by atoms with Crippen LogP contribution in [0.15, 0.2) is 39.2 Å². The molecule has 1 N–H and O–H groups in total. The highest BCUT2D eigenvalue weighted by Crippen LogP contribution is 2.23.